The van der Waals surface area contributed by atoms with Crippen LogP contribution in [0.15, 0.2) is 5.16 Å². The normalized spacial score (nSPS) is 29.1. The van der Waals surface area contributed by atoms with Crippen molar-refractivity contribution in [2.24, 2.45) is 5.16 Å². The van der Waals surface area contributed by atoms with Crippen molar-refractivity contribution in [1.82, 2.24) is 9.80 Å². The van der Waals surface area contributed by atoms with Gasteiger partial charge in [-0.1, -0.05) is 19.0 Å². The number of hydrogen-bond donors (Lipinski definition) is 0. The zero-order valence-electron chi connectivity index (χ0n) is 12.3. The maximum atomic E-state index is 5.51. The molecule has 18 heavy (non-hydrogen) atoms. The molecule has 0 radical (unpaired) electrons. The SMILES string of the molecule is CCC1=NO[C@H](CN2CCN(CC)C(C)(C)C2)C1. The van der Waals surface area contributed by atoms with Crippen molar-refractivity contribution >= 4 is 5.71 Å². The van der Waals surface area contributed by atoms with Crippen LogP contribution in [0.5, 0.6) is 0 Å². The van der Waals surface area contributed by atoms with Gasteiger partial charge in [-0.2, -0.15) is 0 Å². The molecule has 1 saturated heterocycles. The average molecular weight is 253 g/mol. The van der Waals surface area contributed by atoms with Crippen LogP contribution in [0.2, 0.25) is 0 Å². The van der Waals surface area contributed by atoms with Crippen LogP contribution in [0, 0.1) is 0 Å². The predicted molar refractivity (Wildman–Crippen MR) is 75.0 cm³/mol. The van der Waals surface area contributed by atoms with Crippen molar-refractivity contribution in [2.45, 2.75) is 52.2 Å². The van der Waals surface area contributed by atoms with E-state index < -0.39 is 0 Å². The van der Waals surface area contributed by atoms with Crippen LogP contribution in [-0.2, 0) is 4.84 Å². The molecule has 1 atom stereocenters. The van der Waals surface area contributed by atoms with E-state index in [0.717, 1.165) is 45.6 Å². The molecule has 0 unspecified atom stereocenters. The number of rotatable bonds is 4. The minimum atomic E-state index is 0.278. The van der Waals surface area contributed by atoms with Crippen LogP contribution in [-0.4, -0.2) is 59.9 Å². The molecule has 0 aromatic rings. The molecule has 1 fully saturated rings. The summed E-state index contributed by atoms with van der Waals surface area (Å²) >= 11 is 0. The Morgan fingerprint density at radius 1 is 1.33 bits per heavy atom. The minimum absolute atomic E-state index is 0.278. The van der Waals surface area contributed by atoms with Crippen molar-refractivity contribution in [3.8, 4) is 0 Å². The van der Waals surface area contributed by atoms with Crippen LogP contribution in [0.1, 0.15) is 40.5 Å². The predicted octanol–water partition coefficient (Wildman–Crippen LogP) is 1.96. The second kappa shape index (κ2) is 5.57. The van der Waals surface area contributed by atoms with Crippen molar-refractivity contribution in [3.63, 3.8) is 0 Å². The Labute approximate surface area is 111 Å². The molecule has 0 aromatic heterocycles. The first-order valence-corrected chi connectivity index (χ1v) is 7.24. The maximum Gasteiger partial charge on any atom is 0.145 e. The first-order valence-electron chi connectivity index (χ1n) is 7.24. The monoisotopic (exact) mass is 253 g/mol. The van der Waals surface area contributed by atoms with Gasteiger partial charge < -0.3 is 4.84 Å². The molecule has 0 bridgehead atoms. The van der Waals surface area contributed by atoms with Crippen LogP contribution < -0.4 is 0 Å². The number of oxime groups is 1. The third kappa shape index (κ3) is 3.04. The molecule has 4 nitrogen and oxygen atoms in total. The van der Waals surface area contributed by atoms with E-state index in [1.807, 2.05) is 0 Å². The molecule has 2 aliphatic rings. The van der Waals surface area contributed by atoms with Crippen LogP contribution in [0.4, 0.5) is 0 Å². The van der Waals surface area contributed by atoms with E-state index in [9.17, 15) is 0 Å². The van der Waals surface area contributed by atoms with Crippen LogP contribution in [0.25, 0.3) is 0 Å². The summed E-state index contributed by atoms with van der Waals surface area (Å²) in [6, 6.07) is 0. The zero-order valence-corrected chi connectivity index (χ0v) is 12.3. The highest BCUT2D eigenvalue weighted by Crippen LogP contribution is 2.22. The standard InChI is InChI=1S/C14H27N3O/c1-5-12-9-13(18-15-12)10-16-7-8-17(6-2)14(3,4)11-16/h13H,5-11H2,1-4H3/t13-/m0/s1. The summed E-state index contributed by atoms with van der Waals surface area (Å²) in [7, 11) is 0. The van der Waals surface area contributed by atoms with E-state index in [1.165, 1.54) is 5.71 Å². The molecule has 4 heteroatoms. The minimum Gasteiger partial charge on any atom is -0.391 e. The molecular weight excluding hydrogens is 226 g/mol. The molecule has 2 aliphatic heterocycles. The highest BCUT2D eigenvalue weighted by molar-refractivity contribution is 5.85. The molecule has 0 aliphatic carbocycles. The van der Waals surface area contributed by atoms with Crippen LogP contribution in [0.3, 0.4) is 0 Å². The number of piperazine rings is 1. The number of nitrogens with zero attached hydrogens (tertiary/aromatic N) is 3. The topological polar surface area (TPSA) is 28.1 Å². The van der Waals surface area contributed by atoms with E-state index in [1.54, 1.807) is 0 Å². The molecule has 0 saturated carbocycles. The first kappa shape index (κ1) is 13.8. The molecule has 0 N–H and O–H groups in total. The van der Waals surface area contributed by atoms with Gasteiger partial charge in [0.2, 0.25) is 0 Å². The fourth-order valence-corrected chi connectivity index (χ4v) is 3.11. The van der Waals surface area contributed by atoms with Gasteiger partial charge in [-0.3, -0.25) is 9.80 Å². The molecular formula is C14H27N3O. The van der Waals surface area contributed by atoms with Gasteiger partial charge in [0.15, 0.2) is 0 Å². The third-order valence-electron chi connectivity index (χ3n) is 4.20. The fourth-order valence-electron chi connectivity index (χ4n) is 3.11. The highest BCUT2D eigenvalue weighted by atomic mass is 16.6. The van der Waals surface area contributed by atoms with Gasteiger partial charge in [0.1, 0.15) is 6.10 Å². The lowest BCUT2D eigenvalue weighted by Crippen LogP contribution is -2.59. The Balaban J connectivity index is 1.82. The van der Waals surface area contributed by atoms with Gasteiger partial charge in [-0.05, 0) is 26.8 Å². The summed E-state index contributed by atoms with van der Waals surface area (Å²) in [5.74, 6) is 0. The van der Waals surface area contributed by atoms with Crippen LogP contribution >= 0.6 is 0 Å². The lowest BCUT2D eigenvalue weighted by molar-refractivity contribution is -0.00962. The largest absolute Gasteiger partial charge is 0.391 e. The molecule has 0 aromatic carbocycles. The van der Waals surface area contributed by atoms with Crippen molar-refractivity contribution < 1.29 is 4.84 Å². The van der Waals surface area contributed by atoms with E-state index >= 15 is 0 Å². The lowest BCUT2D eigenvalue weighted by Gasteiger charge is -2.47. The highest BCUT2D eigenvalue weighted by Gasteiger charge is 2.34. The number of likely N-dealkylation sites (N-methyl/N-ethyl adjacent to an activating group) is 1. The smallest absolute Gasteiger partial charge is 0.145 e. The van der Waals surface area contributed by atoms with Gasteiger partial charge in [-0.25, -0.2) is 0 Å². The van der Waals surface area contributed by atoms with E-state index in [2.05, 4.69) is 42.7 Å². The van der Waals surface area contributed by atoms with Gasteiger partial charge in [0, 0.05) is 38.1 Å². The van der Waals surface area contributed by atoms with Crippen molar-refractivity contribution in [1.29, 1.82) is 0 Å². The average Bonchev–Trinajstić information content (AvgIpc) is 2.76. The molecule has 0 spiro atoms. The third-order valence-corrected chi connectivity index (χ3v) is 4.20. The Morgan fingerprint density at radius 2 is 2.11 bits per heavy atom. The Bertz CT molecular complexity index is 314. The molecule has 104 valence electrons. The lowest BCUT2D eigenvalue weighted by atomic mass is 9.98. The van der Waals surface area contributed by atoms with E-state index in [4.69, 9.17) is 4.84 Å². The van der Waals surface area contributed by atoms with Crippen molar-refractivity contribution in [2.75, 3.05) is 32.7 Å². The van der Waals surface area contributed by atoms with Gasteiger partial charge >= 0.3 is 0 Å². The fraction of sp³-hybridized carbons (Fsp3) is 0.929. The second-order valence-corrected chi connectivity index (χ2v) is 6.07. The molecule has 0 amide bonds. The summed E-state index contributed by atoms with van der Waals surface area (Å²) < 4.78 is 0. The van der Waals surface area contributed by atoms with Gasteiger partial charge in [-0.15, -0.1) is 0 Å². The Kier molecular flexibility index (Phi) is 4.28. The van der Waals surface area contributed by atoms with E-state index in [0.29, 0.717) is 0 Å². The summed E-state index contributed by atoms with van der Waals surface area (Å²) in [4.78, 5) is 10.6. The van der Waals surface area contributed by atoms with Gasteiger partial charge in [0.05, 0.1) is 5.71 Å². The molecule has 2 rings (SSSR count). The molecule has 2 heterocycles. The van der Waals surface area contributed by atoms with E-state index in [-0.39, 0.29) is 11.6 Å². The summed E-state index contributed by atoms with van der Waals surface area (Å²) in [5.41, 5.74) is 1.49. The zero-order chi connectivity index (χ0) is 13.2. The first-order chi connectivity index (χ1) is 8.55. The van der Waals surface area contributed by atoms with Gasteiger partial charge in [0.25, 0.3) is 0 Å². The summed E-state index contributed by atoms with van der Waals surface area (Å²) in [6.45, 7) is 14.7. The number of hydrogen-bond acceptors (Lipinski definition) is 4. The quantitative estimate of drug-likeness (QED) is 0.766. The summed E-state index contributed by atoms with van der Waals surface area (Å²) in [5, 5.41) is 4.15. The summed E-state index contributed by atoms with van der Waals surface area (Å²) in [6.07, 6.45) is 2.32. The Morgan fingerprint density at radius 3 is 2.67 bits per heavy atom. The van der Waals surface area contributed by atoms with Crippen molar-refractivity contribution in [3.05, 3.63) is 0 Å². The maximum absolute atomic E-state index is 5.51. The Hall–Kier alpha value is -0.610. The second-order valence-electron chi connectivity index (χ2n) is 6.07.